The molecule has 0 fully saturated rings. The predicted octanol–water partition coefficient (Wildman–Crippen LogP) is 5.13. The molecule has 172 valence electrons. The molecule has 3 aromatic rings. The number of aryl methyl sites for hydroxylation is 1. The smallest absolute Gasteiger partial charge is 0.407 e. The molecule has 3 rings (SSSR count). The van der Waals surface area contributed by atoms with Crippen LogP contribution in [-0.4, -0.2) is 44.6 Å². The van der Waals surface area contributed by atoms with E-state index in [1.54, 1.807) is 0 Å². The van der Waals surface area contributed by atoms with E-state index >= 15 is 0 Å². The van der Waals surface area contributed by atoms with Gasteiger partial charge in [0.25, 0.3) is 0 Å². The lowest BCUT2D eigenvalue weighted by molar-refractivity contribution is 0.0526. The number of nitrogens with zero attached hydrogens (tertiary/aromatic N) is 3. The number of nitrogens with one attached hydrogen (secondary N) is 2. The number of rotatable bonds is 9. The Morgan fingerprint density at radius 1 is 1.19 bits per heavy atom. The summed E-state index contributed by atoms with van der Waals surface area (Å²) in [6, 6.07) is 12.3. The maximum atomic E-state index is 11.8. The van der Waals surface area contributed by atoms with Crippen LogP contribution in [0.15, 0.2) is 42.6 Å². The predicted molar refractivity (Wildman–Crippen MR) is 127 cm³/mol. The van der Waals surface area contributed by atoms with Gasteiger partial charge in [-0.1, -0.05) is 18.2 Å². The number of unbranched alkanes of at least 4 members (excludes halogenated alkanes) is 1. The van der Waals surface area contributed by atoms with Crippen molar-refractivity contribution in [3.63, 3.8) is 0 Å². The Labute approximate surface area is 190 Å². The number of hydrogen-bond donors (Lipinski definition) is 2. The second kappa shape index (κ2) is 10.6. The highest BCUT2D eigenvalue weighted by molar-refractivity contribution is 5.74. The van der Waals surface area contributed by atoms with E-state index in [1.807, 2.05) is 57.3 Å². The van der Waals surface area contributed by atoms with Gasteiger partial charge in [0.15, 0.2) is 0 Å². The van der Waals surface area contributed by atoms with Crippen molar-refractivity contribution in [3.8, 4) is 0 Å². The summed E-state index contributed by atoms with van der Waals surface area (Å²) in [5.74, 6) is 0.951. The van der Waals surface area contributed by atoms with Gasteiger partial charge in [0.1, 0.15) is 11.4 Å². The van der Waals surface area contributed by atoms with E-state index in [4.69, 9.17) is 9.72 Å². The molecule has 0 saturated heterocycles. The zero-order valence-electron chi connectivity index (χ0n) is 19.8. The average Bonchev–Trinajstić information content (AvgIpc) is 3.16. The highest BCUT2D eigenvalue weighted by Gasteiger charge is 2.21. The molecule has 1 unspecified atom stereocenters. The normalized spacial score (nSPS) is 12.8. The zero-order chi connectivity index (χ0) is 23.1. The SMILES string of the molecule is Cc1cccnc1CN(CCCCNC(=O)OC(C)(C)C)C(C)c1nc2ccccc2[nH]1. The highest BCUT2D eigenvalue weighted by Crippen LogP contribution is 2.23. The summed E-state index contributed by atoms with van der Waals surface area (Å²) < 4.78 is 5.30. The zero-order valence-corrected chi connectivity index (χ0v) is 19.8. The first kappa shape index (κ1) is 23.7. The van der Waals surface area contributed by atoms with Crippen LogP contribution >= 0.6 is 0 Å². The number of alkyl carbamates (subject to hydrolysis) is 1. The van der Waals surface area contributed by atoms with Crippen LogP contribution in [-0.2, 0) is 11.3 Å². The summed E-state index contributed by atoms with van der Waals surface area (Å²) in [5.41, 5.74) is 3.79. The summed E-state index contributed by atoms with van der Waals surface area (Å²) >= 11 is 0. The molecule has 32 heavy (non-hydrogen) atoms. The number of H-pyrrole nitrogens is 1. The van der Waals surface area contributed by atoms with Crippen molar-refractivity contribution >= 4 is 17.1 Å². The molecule has 0 radical (unpaired) electrons. The lowest BCUT2D eigenvalue weighted by atomic mass is 10.1. The Kier molecular flexibility index (Phi) is 7.85. The van der Waals surface area contributed by atoms with E-state index in [0.29, 0.717) is 6.54 Å². The quantitative estimate of drug-likeness (QED) is 0.453. The number of fused-ring (bicyclic) bond motifs is 1. The van der Waals surface area contributed by atoms with E-state index < -0.39 is 5.60 Å². The fourth-order valence-electron chi connectivity index (χ4n) is 3.57. The summed E-state index contributed by atoms with van der Waals surface area (Å²) in [6.07, 6.45) is 3.28. The van der Waals surface area contributed by atoms with E-state index in [2.05, 4.69) is 40.1 Å². The van der Waals surface area contributed by atoms with E-state index in [1.165, 1.54) is 5.56 Å². The van der Waals surface area contributed by atoms with Gasteiger partial charge in [0, 0.05) is 19.3 Å². The number of aromatic nitrogens is 3. The largest absolute Gasteiger partial charge is 0.444 e. The van der Waals surface area contributed by atoms with Crippen LogP contribution in [0.25, 0.3) is 11.0 Å². The van der Waals surface area contributed by atoms with Crippen LogP contribution in [0.2, 0.25) is 0 Å². The molecule has 2 heterocycles. The number of carbonyl (C=O) groups excluding carboxylic acids is 1. The van der Waals surface area contributed by atoms with E-state index in [9.17, 15) is 4.79 Å². The number of carbonyl (C=O) groups is 1. The molecule has 0 saturated carbocycles. The van der Waals surface area contributed by atoms with Crippen LogP contribution in [0.5, 0.6) is 0 Å². The topological polar surface area (TPSA) is 83.1 Å². The first-order chi connectivity index (χ1) is 15.2. The molecule has 2 N–H and O–H groups in total. The van der Waals surface area contributed by atoms with Gasteiger partial charge in [-0.05, 0) is 77.8 Å². The van der Waals surface area contributed by atoms with Gasteiger partial charge in [0.05, 0.1) is 22.8 Å². The maximum absolute atomic E-state index is 11.8. The first-order valence-corrected chi connectivity index (χ1v) is 11.3. The highest BCUT2D eigenvalue weighted by atomic mass is 16.6. The molecule has 1 aromatic carbocycles. The maximum Gasteiger partial charge on any atom is 0.407 e. The average molecular weight is 438 g/mol. The Balaban J connectivity index is 1.63. The minimum absolute atomic E-state index is 0.0996. The number of hydrogen-bond acceptors (Lipinski definition) is 5. The number of aromatic amines is 1. The number of imidazole rings is 1. The molecular formula is C25H35N5O2. The second-order valence-corrected chi connectivity index (χ2v) is 9.19. The molecule has 2 aromatic heterocycles. The van der Waals surface area contributed by atoms with Crippen LogP contribution in [0.3, 0.4) is 0 Å². The van der Waals surface area contributed by atoms with E-state index in [0.717, 1.165) is 48.5 Å². The number of benzene rings is 1. The van der Waals surface area contributed by atoms with Gasteiger partial charge < -0.3 is 15.0 Å². The number of ether oxygens (including phenoxy) is 1. The van der Waals surface area contributed by atoms with Crippen LogP contribution in [0.1, 0.15) is 63.7 Å². The Morgan fingerprint density at radius 3 is 2.69 bits per heavy atom. The Morgan fingerprint density at radius 2 is 1.97 bits per heavy atom. The third-order valence-corrected chi connectivity index (χ3v) is 5.36. The molecule has 0 aliphatic carbocycles. The second-order valence-electron chi connectivity index (χ2n) is 9.19. The van der Waals surface area contributed by atoms with Gasteiger partial charge >= 0.3 is 6.09 Å². The van der Waals surface area contributed by atoms with Gasteiger partial charge in [-0.15, -0.1) is 0 Å². The standard InChI is InChI=1S/C25H35N5O2/c1-18-11-10-15-26-22(18)17-30(16-9-8-14-27-24(31)32-25(3,4)5)19(2)23-28-20-12-6-7-13-21(20)29-23/h6-7,10-13,15,19H,8-9,14,16-17H2,1-5H3,(H,27,31)(H,28,29). The van der Waals surface area contributed by atoms with Crippen molar-refractivity contribution in [2.75, 3.05) is 13.1 Å². The van der Waals surface area contributed by atoms with Crippen molar-refractivity contribution in [2.24, 2.45) is 0 Å². The lowest BCUT2D eigenvalue weighted by Gasteiger charge is -2.28. The van der Waals surface area contributed by atoms with Gasteiger partial charge in [-0.25, -0.2) is 9.78 Å². The summed E-state index contributed by atoms with van der Waals surface area (Å²) in [7, 11) is 0. The number of pyridine rings is 1. The Hall–Kier alpha value is -2.93. The fraction of sp³-hybridized carbons (Fsp3) is 0.480. The van der Waals surface area contributed by atoms with E-state index in [-0.39, 0.29) is 12.1 Å². The minimum Gasteiger partial charge on any atom is -0.444 e. The van der Waals surface area contributed by atoms with Crippen LogP contribution in [0, 0.1) is 6.92 Å². The third-order valence-electron chi connectivity index (χ3n) is 5.36. The monoisotopic (exact) mass is 437 g/mol. The first-order valence-electron chi connectivity index (χ1n) is 11.3. The van der Waals surface area contributed by atoms with Crippen molar-refractivity contribution in [1.29, 1.82) is 0 Å². The molecule has 0 bridgehead atoms. The van der Waals surface area contributed by atoms with Gasteiger partial charge in [0.2, 0.25) is 0 Å². The summed E-state index contributed by atoms with van der Waals surface area (Å²) in [5, 5.41) is 2.84. The molecule has 1 atom stereocenters. The third kappa shape index (κ3) is 6.79. The van der Waals surface area contributed by atoms with Crippen LogP contribution < -0.4 is 5.32 Å². The molecule has 7 nitrogen and oxygen atoms in total. The molecule has 1 amide bonds. The fourth-order valence-corrected chi connectivity index (χ4v) is 3.57. The number of para-hydroxylation sites is 2. The summed E-state index contributed by atoms with van der Waals surface area (Å²) in [4.78, 5) is 27.1. The van der Waals surface area contributed by atoms with Crippen molar-refractivity contribution in [2.45, 2.75) is 65.6 Å². The molecule has 0 spiro atoms. The van der Waals surface area contributed by atoms with Gasteiger partial charge in [-0.2, -0.15) is 0 Å². The van der Waals surface area contributed by atoms with Crippen molar-refractivity contribution in [1.82, 2.24) is 25.2 Å². The van der Waals surface area contributed by atoms with Crippen molar-refractivity contribution in [3.05, 3.63) is 59.7 Å². The molecule has 0 aliphatic heterocycles. The lowest BCUT2D eigenvalue weighted by Crippen LogP contribution is -2.33. The summed E-state index contributed by atoms with van der Waals surface area (Å²) in [6.45, 7) is 12.1. The van der Waals surface area contributed by atoms with Crippen molar-refractivity contribution < 1.29 is 9.53 Å². The molecule has 0 aliphatic rings. The minimum atomic E-state index is -0.483. The molecule has 7 heteroatoms. The number of amides is 1. The van der Waals surface area contributed by atoms with Crippen LogP contribution in [0.4, 0.5) is 4.79 Å². The molecular weight excluding hydrogens is 402 g/mol. The van der Waals surface area contributed by atoms with Gasteiger partial charge in [-0.3, -0.25) is 9.88 Å². The Bertz CT molecular complexity index is 991.